The van der Waals surface area contributed by atoms with Gasteiger partial charge in [-0.1, -0.05) is 60.7 Å². The van der Waals surface area contributed by atoms with E-state index in [1.165, 1.54) is 5.56 Å². The largest absolute Gasteiger partial charge is 0.459 e. The molecule has 0 saturated heterocycles. The molecule has 138 valence electrons. The van der Waals surface area contributed by atoms with Gasteiger partial charge in [0.2, 0.25) is 5.91 Å². The SMILES string of the molecule is C[C@H](NC(=O)C(N)CSCc1ccccc1)C(=O)OCc1ccccc1. The van der Waals surface area contributed by atoms with Gasteiger partial charge in [-0.3, -0.25) is 4.79 Å². The van der Waals surface area contributed by atoms with E-state index in [0.717, 1.165) is 11.3 Å². The van der Waals surface area contributed by atoms with Crippen molar-refractivity contribution in [3.63, 3.8) is 0 Å². The molecule has 0 radical (unpaired) electrons. The molecule has 6 heteroatoms. The molecule has 0 aliphatic carbocycles. The Morgan fingerprint density at radius 3 is 2.23 bits per heavy atom. The van der Waals surface area contributed by atoms with E-state index in [1.54, 1.807) is 18.7 Å². The van der Waals surface area contributed by atoms with Crippen molar-refractivity contribution in [2.45, 2.75) is 31.4 Å². The van der Waals surface area contributed by atoms with Crippen LogP contribution < -0.4 is 11.1 Å². The van der Waals surface area contributed by atoms with Gasteiger partial charge >= 0.3 is 5.97 Å². The first-order chi connectivity index (χ1) is 12.6. The van der Waals surface area contributed by atoms with Crippen molar-refractivity contribution < 1.29 is 14.3 Å². The van der Waals surface area contributed by atoms with Gasteiger partial charge in [0.1, 0.15) is 12.6 Å². The van der Waals surface area contributed by atoms with Crippen LogP contribution in [0.1, 0.15) is 18.1 Å². The Labute approximate surface area is 158 Å². The molecule has 0 aliphatic heterocycles. The second kappa shape index (κ2) is 10.6. The lowest BCUT2D eigenvalue weighted by atomic mass is 10.2. The summed E-state index contributed by atoms with van der Waals surface area (Å²) in [5, 5.41) is 2.61. The zero-order chi connectivity index (χ0) is 18.8. The van der Waals surface area contributed by atoms with Crippen molar-refractivity contribution in [1.82, 2.24) is 5.32 Å². The quantitative estimate of drug-likeness (QED) is 0.661. The zero-order valence-electron chi connectivity index (χ0n) is 14.8. The highest BCUT2D eigenvalue weighted by molar-refractivity contribution is 7.98. The van der Waals surface area contributed by atoms with Gasteiger partial charge in [-0.05, 0) is 18.1 Å². The van der Waals surface area contributed by atoms with Crippen LogP contribution in [0.15, 0.2) is 60.7 Å². The molecule has 1 unspecified atom stereocenters. The minimum Gasteiger partial charge on any atom is -0.459 e. The van der Waals surface area contributed by atoms with Gasteiger partial charge in [0.25, 0.3) is 0 Å². The van der Waals surface area contributed by atoms with Crippen molar-refractivity contribution in [2.24, 2.45) is 5.73 Å². The smallest absolute Gasteiger partial charge is 0.328 e. The van der Waals surface area contributed by atoms with Gasteiger partial charge < -0.3 is 15.8 Å². The first-order valence-corrected chi connectivity index (χ1v) is 9.60. The second-order valence-corrected chi connectivity index (χ2v) is 6.96. The van der Waals surface area contributed by atoms with Crippen LogP contribution in [-0.2, 0) is 26.7 Å². The van der Waals surface area contributed by atoms with E-state index in [2.05, 4.69) is 5.32 Å². The van der Waals surface area contributed by atoms with Crippen molar-refractivity contribution in [3.05, 3.63) is 71.8 Å². The number of nitrogens with two attached hydrogens (primary N) is 1. The van der Waals surface area contributed by atoms with Gasteiger partial charge in [0.05, 0.1) is 6.04 Å². The fourth-order valence-electron chi connectivity index (χ4n) is 2.19. The topological polar surface area (TPSA) is 81.4 Å². The fourth-order valence-corrected chi connectivity index (χ4v) is 3.14. The summed E-state index contributed by atoms with van der Waals surface area (Å²) >= 11 is 1.58. The second-order valence-electron chi connectivity index (χ2n) is 5.93. The highest BCUT2D eigenvalue weighted by Crippen LogP contribution is 2.12. The Kier molecular flexibility index (Phi) is 8.18. The average molecular weight is 372 g/mol. The van der Waals surface area contributed by atoms with Crippen molar-refractivity contribution in [1.29, 1.82) is 0 Å². The molecule has 3 N–H and O–H groups in total. The molecule has 2 aromatic rings. The molecule has 1 amide bonds. The summed E-state index contributed by atoms with van der Waals surface area (Å²) in [5.74, 6) is 0.435. The zero-order valence-corrected chi connectivity index (χ0v) is 15.6. The Balaban J connectivity index is 1.68. The molecule has 0 fully saturated rings. The fraction of sp³-hybridized carbons (Fsp3) is 0.300. The normalized spacial score (nSPS) is 12.8. The van der Waals surface area contributed by atoms with Crippen molar-refractivity contribution in [2.75, 3.05) is 5.75 Å². The third-order valence-electron chi connectivity index (χ3n) is 3.68. The van der Waals surface area contributed by atoms with E-state index in [1.807, 2.05) is 60.7 Å². The summed E-state index contributed by atoms with van der Waals surface area (Å²) in [6.45, 7) is 1.77. The standard InChI is InChI=1S/C20H24N2O3S/c1-15(20(24)25-12-16-8-4-2-5-9-16)22-19(23)18(21)14-26-13-17-10-6-3-7-11-17/h2-11,15,18H,12-14,21H2,1H3,(H,22,23)/t15-,18?/m0/s1. The molecule has 0 saturated carbocycles. The maximum atomic E-state index is 12.1. The van der Waals surface area contributed by atoms with E-state index < -0.39 is 18.1 Å². The highest BCUT2D eigenvalue weighted by atomic mass is 32.2. The van der Waals surface area contributed by atoms with Crippen LogP contribution in [0, 0.1) is 0 Å². The molecule has 0 aromatic heterocycles. The Hall–Kier alpha value is -2.31. The van der Waals surface area contributed by atoms with Crippen LogP contribution in [0.4, 0.5) is 0 Å². The van der Waals surface area contributed by atoms with E-state index in [0.29, 0.717) is 5.75 Å². The maximum Gasteiger partial charge on any atom is 0.328 e. The monoisotopic (exact) mass is 372 g/mol. The van der Waals surface area contributed by atoms with E-state index in [9.17, 15) is 9.59 Å². The number of amides is 1. The van der Waals surface area contributed by atoms with E-state index in [-0.39, 0.29) is 12.5 Å². The highest BCUT2D eigenvalue weighted by Gasteiger charge is 2.21. The van der Waals surface area contributed by atoms with Gasteiger partial charge in [-0.25, -0.2) is 4.79 Å². The lowest BCUT2D eigenvalue weighted by molar-refractivity contribution is -0.148. The van der Waals surface area contributed by atoms with Gasteiger partial charge in [0.15, 0.2) is 0 Å². The van der Waals surface area contributed by atoms with Crippen LogP contribution in [0.5, 0.6) is 0 Å². The maximum absolute atomic E-state index is 12.1. The molecule has 2 aromatic carbocycles. The number of thioether (sulfide) groups is 1. The summed E-state index contributed by atoms with van der Waals surface area (Å²) in [6, 6.07) is 18.0. The third kappa shape index (κ3) is 6.90. The molecular formula is C20H24N2O3S. The van der Waals surface area contributed by atoms with Crippen molar-refractivity contribution >= 4 is 23.6 Å². The number of nitrogens with one attached hydrogen (secondary N) is 1. The first-order valence-electron chi connectivity index (χ1n) is 8.44. The number of carbonyl (C=O) groups excluding carboxylic acids is 2. The number of rotatable bonds is 9. The van der Waals surface area contributed by atoms with E-state index in [4.69, 9.17) is 10.5 Å². The molecule has 0 bridgehead atoms. The number of hydrogen-bond donors (Lipinski definition) is 2. The lowest BCUT2D eigenvalue weighted by Gasteiger charge is -2.16. The van der Waals surface area contributed by atoms with Crippen molar-refractivity contribution in [3.8, 4) is 0 Å². The molecule has 2 atom stereocenters. The molecule has 0 aliphatic rings. The van der Waals surface area contributed by atoms with Gasteiger partial charge in [-0.2, -0.15) is 11.8 Å². The predicted octanol–water partition coefficient (Wildman–Crippen LogP) is 2.50. The molecule has 2 rings (SSSR count). The number of carbonyl (C=O) groups is 2. The Morgan fingerprint density at radius 2 is 1.62 bits per heavy atom. The lowest BCUT2D eigenvalue weighted by Crippen LogP contribution is -2.48. The summed E-state index contributed by atoms with van der Waals surface area (Å²) < 4.78 is 5.21. The Morgan fingerprint density at radius 1 is 1.04 bits per heavy atom. The predicted molar refractivity (Wildman–Crippen MR) is 104 cm³/mol. The number of hydrogen-bond acceptors (Lipinski definition) is 5. The minimum atomic E-state index is -0.739. The van der Waals surface area contributed by atoms with Crippen LogP contribution >= 0.6 is 11.8 Å². The molecule has 5 nitrogen and oxygen atoms in total. The molecule has 0 heterocycles. The molecule has 0 spiro atoms. The third-order valence-corrected chi connectivity index (χ3v) is 4.81. The molecular weight excluding hydrogens is 348 g/mol. The number of ether oxygens (including phenoxy) is 1. The number of esters is 1. The minimum absolute atomic E-state index is 0.179. The van der Waals surface area contributed by atoms with Crippen LogP contribution in [0.3, 0.4) is 0 Å². The number of benzene rings is 2. The van der Waals surface area contributed by atoms with Crippen LogP contribution in [0.2, 0.25) is 0 Å². The summed E-state index contributed by atoms with van der Waals surface area (Å²) in [6.07, 6.45) is 0. The summed E-state index contributed by atoms with van der Waals surface area (Å²) in [4.78, 5) is 24.1. The van der Waals surface area contributed by atoms with E-state index >= 15 is 0 Å². The van der Waals surface area contributed by atoms with Gasteiger partial charge in [0, 0.05) is 11.5 Å². The molecule has 26 heavy (non-hydrogen) atoms. The van der Waals surface area contributed by atoms with Gasteiger partial charge in [-0.15, -0.1) is 0 Å². The average Bonchev–Trinajstić information content (AvgIpc) is 2.67. The summed E-state index contributed by atoms with van der Waals surface area (Å²) in [7, 11) is 0. The summed E-state index contributed by atoms with van der Waals surface area (Å²) in [5.41, 5.74) is 7.99. The van der Waals surface area contributed by atoms with Crippen LogP contribution in [0.25, 0.3) is 0 Å². The first kappa shape index (κ1) is 20.0. The van der Waals surface area contributed by atoms with Crippen LogP contribution in [-0.4, -0.2) is 29.7 Å². The Bertz CT molecular complexity index is 695.